The molecule has 3 aromatic heterocycles. The maximum absolute atomic E-state index is 13.2. The molecule has 0 saturated carbocycles. The van der Waals surface area contributed by atoms with Gasteiger partial charge >= 0.3 is 0 Å². The van der Waals surface area contributed by atoms with Crippen LogP contribution in [0.4, 0.5) is 10.2 Å². The Morgan fingerprint density at radius 2 is 2.04 bits per heavy atom. The number of hydrogen-bond donors (Lipinski definition) is 2. The third-order valence-corrected chi connectivity index (χ3v) is 4.25. The van der Waals surface area contributed by atoms with E-state index in [9.17, 15) is 9.18 Å². The Morgan fingerprint density at radius 1 is 1.14 bits per heavy atom. The molecule has 0 aliphatic rings. The molecule has 0 atom stereocenters. The Morgan fingerprint density at radius 3 is 2.79 bits per heavy atom. The number of pyridine rings is 2. The van der Waals surface area contributed by atoms with E-state index in [0.29, 0.717) is 29.3 Å². The summed E-state index contributed by atoms with van der Waals surface area (Å²) in [5, 5.41) is 3.96. The average Bonchev–Trinajstić information content (AvgIpc) is 2.72. The van der Waals surface area contributed by atoms with Crippen LogP contribution in [0.2, 0.25) is 0 Å². The van der Waals surface area contributed by atoms with Gasteiger partial charge in [-0.15, -0.1) is 0 Å². The van der Waals surface area contributed by atoms with Crippen LogP contribution in [0, 0.1) is 5.82 Å². The number of H-pyrrole nitrogens is 1. The van der Waals surface area contributed by atoms with Crippen molar-refractivity contribution in [3.8, 4) is 17.0 Å². The zero-order valence-corrected chi connectivity index (χ0v) is 14.9. The van der Waals surface area contributed by atoms with E-state index in [2.05, 4.69) is 25.3 Å². The maximum atomic E-state index is 13.2. The second kappa shape index (κ2) is 7.43. The van der Waals surface area contributed by atoms with Crippen molar-refractivity contribution in [2.24, 2.45) is 0 Å². The molecule has 0 spiro atoms. The normalized spacial score (nSPS) is 10.8. The molecule has 0 amide bonds. The predicted octanol–water partition coefficient (Wildman–Crippen LogP) is 3.14. The minimum Gasteiger partial charge on any atom is -0.494 e. The fourth-order valence-electron chi connectivity index (χ4n) is 2.91. The van der Waals surface area contributed by atoms with Crippen molar-refractivity contribution in [1.29, 1.82) is 0 Å². The van der Waals surface area contributed by atoms with Crippen LogP contribution in [0.25, 0.3) is 22.2 Å². The Kier molecular flexibility index (Phi) is 4.67. The lowest BCUT2D eigenvalue weighted by Crippen LogP contribution is -2.08. The maximum Gasteiger partial charge on any atom is 0.248 e. The van der Waals surface area contributed by atoms with Crippen LogP contribution < -0.4 is 15.6 Å². The number of halogens is 1. The van der Waals surface area contributed by atoms with Crippen molar-refractivity contribution >= 4 is 16.7 Å². The van der Waals surface area contributed by atoms with Crippen molar-refractivity contribution < 1.29 is 9.13 Å². The average molecular weight is 377 g/mol. The molecule has 0 aliphatic heterocycles. The van der Waals surface area contributed by atoms with Crippen LogP contribution in [0.15, 0.2) is 59.9 Å². The highest BCUT2D eigenvalue weighted by Gasteiger charge is 2.13. The fraction of sp³-hybridized carbons (Fsp3) is 0.100. The number of methoxy groups -OCH3 is 1. The second-order valence-corrected chi connectivity index (χ2v) is 6.07. The van der Waals surface area contributed by atoms with Crippen LogP contribution in [0.1, 0.15) is 5.56 Å². The lowest BCUT2D eigenvalue weighted by molar-refractivity contribution is 0.419. The molecule has 0 aliphatic carbocycles. The standard InChI is InChI=1S/C20H16FN5O2/c1-28-17-8-13(16-3-2-14(21)10-23-16)7-15-19(17)25-11-26-20(15)24-9-12-4-5-22-18(27)6-12/h2-8,10-11H,9H2,1H3,(H,22,27)(H,24,25,26). The summed E-state index contributed by atoms with van der Waals surface area (Å²) in [6.07, 6.45) is 4.21. The largest absolute Gasteiger partial charge is 0.494 e. The van der Waals surface area contributed by atoms with Gasteiger partial charge in [0.15, 0.2) is 0 Å². The minimum absolute atomic E-state index is 0.168. The lowest BCUT2D eigenvalue weighted by Gasteiger charge is -2.12. The molecule has 3 heterocycles. The number of aromatic nitrogens is 4. The number of aromatic amines is 1. The zero-order valence-electron chi connectivity index (χ0n) is 14.9. The molecule has 0 unspecified atom stereocenters. The van der Waals surface area contributed by atoms with E-state index in [4.69, 9.17) is 4.74 Å². The molecule has 28 heavy (non-hydrogen) atoms. The Bertz CT molecular complexity index is 1190. The summed E-state index contributed by atoms with van der Waals surface area (Å²) in [6.45, 7) is 0.414. The molecule has 4 rings (SSSR count). The first-order valence-corrected chi connectivity index (χ1v) is 8.50. The Hall–Kier alpha value is -3.81. The van der Waals surface area contributed by atoms with Gasteiger partial charge in [0.05, 0.1) is 19.0 Å². The molecule has 0 fully saturated rings. The number of ether oxygens (including phenoxy) is 1. The van der Waals surface area contributed by atoms with Gasteiger partial charge in [-0.05, 0) is 35.9 Å². The van der Waals surface area contributed by atoms with E-state index in [0.717, 1.165) is 16.5 Å². The molecule has 2 N–H and O–H groups in total. The van der Waals surface area contributed by atoms with E-state index >= 15 is 0 Å². The van der Waals surface area contributed by atoms with Gasteiger partial charge in [-0.2, -0.15) is 0 Å². The summed E-state index contributed by atoms with van der Waals surface area (Å²) in [4.78, 5) is 26.8. The fourth-order valence-corrected chi connectivity index (χ4v) is 2.91. The Labute approximate surface area is 159 Å². The molecule has 1 aromatic carbocycles. The minimum atomic E-state index is -0.403. The van der Waals surface area contributed by atoms with Crippen molar-refractivity contribution in [2.45, 2.75) is 6.54 Å². The number of rotatable bonds is 5. The van der Waals surface area contributed by atoms with E-state index in [1.54, 1.807) is 25.4 Å². The van der Waals surface area contributed by atoms with Gasteiger partial charge in [-0.3, -0.25) is 9.78 Å². The van der Waals surface area contributed by atoms with Crippen LogP contribution in [0.5, 0.6) is 5.75 Å². The van der Waals surface area contributed by atoms with Crippen molar-refractivity contribution in [2.75, 3.05) is 12.4 Å². The number of fused-ring (bicyclic) bond motifs is 1. The number of hydrogen-bond acceptors (Lipinski definition) is 6. The predicted molar refractivity (Wildman–Crippen MR) is 104 cm³/mol. The van der Waals surface area contributed by atoms with Gasteiger partial charge in [0.25, 0.3) is 0 Å². The summed E-state index contributed by atoms with van der Waals surface area (Å²) in [5.74, 6) is 0.743. The van der Waals surface area contributed by atoms with Crippen molar-refractivity contribution in [1.82, 2.24) is 19.9 Å². The van der Waals surface area contributed by atoms with E-state index in [1.807, 2.05) is 12.1 Å². The monoisotopic (exact) mass is 377 g/mol. The van der Waals surface area contributed by atoms with Crippen LogP contribution >= 0.6 is 0 Å². The van der Waals surface area contributed by atoms with E-state index in [1.165, 1.54) is 24.7 Å². The van der Waals surface area contributed by atoms with Crippen LogP contribution in [-0.4, -0.2) is 27.0 Å². The lowest BCUT2D eigenvalue weighted by atomic mass is 10.1. The number of anilines is 1. The molecule has 4 aromatic rings. The quantitative estimate of drug-likeness (QED) is 0.555. The third-order valence-electron chi connectivity index (χ3n) is 4.25. The molecule has 0 radical (unpaired) electrons. The van der Waals surface area contributed by atoms with Crippen molar-refractivity contribution in [3.63, 3.8) is 0 Å². The summed E-state index contributed by atoms with van der Waals surface area (Å²) in [6, 6.07) is 9.96. The van der Waals surface area contributed by atoms with Gasteiger partial charge in [0.1, 0.15) is 29.2 Å². The summed E-state index contributed by atoms with van der Waals surface area (Å²) < 4.78 is 18.7. The first-order valence-electron chi connectivity index (χ1n) is 8.50. The zero-order chi connectivity index (χ0) is 19.5. The van der Waals surface area contributed by atoms with Gasteiger partial charge in [-0.25, -0.2) is 14.4 Å². The highest BCUT2D eigenvalue weighted by atomic mass is 19.1. The first kappa shape index (κ1) is 17.6. The summed E-state index contributed by atoms with van der Waals surface area (Å²) in [5.41, 5.74) is 2.64. The third kappa shape index (κ3) is 3.52. The number of nitrogens with one attached hydrogen (secondary N) is 2. The Balaban J connectivity index is 1.77. The van der Waals surface area contributed by atoms with Gasteiger partial charge in [0, 0.05) is 29.8 Å². The smallest absolute Gasteiger partial charge is 0.248 e. The van der Waals surface area contributed by atoms with E-state index < -0.39 is 5.82 Å². The second-order valence-electron chi connectivity index (χ2n) is 6.07. The molecule has 0 saturated heterocycles. The first-order chi connectivity index (χ1) is 13.6. The van der Waals surface area contributed by atoms with Crippen molar-refractivity contribution in [3.05, 3.63) is 76.9 Å². The molecule has 0 bridgehead atoms. The summed E-state index contributed by atoms with van der Waals surface area (Å²) in [7, 11) is 1.56. The molecular weight excluding hydrogens is 361 g/mol. The van der Waals surface area contributed by atoms with E-state index in [-0.39, 0.29) is 5.56 Å². The highest BCUT2D eigenvalue weighted by Crippen LogP contribution is 2.33. The molecule has 140 valence electrons. The van der Waals surface area contributed by atoms with Crippen LogP contribution in [-0.2, 0) is 6.54 Å². The highest BCUT2D eigenvalue weighted by molar-refractivity contribution is 5.96. The number of benzene rings is 1. The molecular formula is C20H16FN5O2. The van der Waals surface area contributed by atoms with Crippen LogP contribution in [0.3, 0.4) is 0 Å². The number of nitrogens with zero attached hydrogens (tertiary/aromatic N) is 3. The van der Waals surface area contributed by atoms with Gasteiger partial charge < -0.3 is 15.0 Å². The van der Waals surface area contributed by atoms with Gasteiger partial charge in [-0.1, -0.05) is 0 Å². The SMILES string of the molecule is COc1cc(-c2ccc(F)cn2)cc2c(NCc3cc[nH]c(=O)c3)ncnc12. The topological polar surface area (TPSA) is 92.8 Å². The van der Waals surface area contributed by atoms with Gasteiger partial charge in [0.2, 0.25) is 5.56 Å². The molecule has 8 heteroatoms. The summed E-state index contributed by atoms with van der Waals surface area (Å²) >= 11 is 0. The molecule has 7 nitrogen and oxygen atoms in total.